The third-order valence-corrected chi connectivity index (χ3v) is 5.86. The van der Waals surface area contributed by atoms with E-state index in [-0.39, 0.29) is 23.0 Å². The molecular formula is C25H24F2N4O3. The Morgan fingerprint density at radius 1 is 1.06 bits per heavy atom. The summed E-state index contributed by atoms with van der Waals surface area (Å²) in [5, 5.41) is 14.2. The molecule has 1 heterocycles. The third kappa shape index (κ3) is 4.98. The monoisotopic (exact) mass is 466 g/mol. The van der Waals surface area contributed by atoms with Gasteiger partial charge in [0.15, 0.2) is 0 Å². The average molecular weight is 466 g/mol. The molecule has 0 aromatic heterocycles. The number of halogens is 2. The van der Waals surface area contributed by atoms with E-state index in [1.807, 2.05) is 24.0 Å². The van der Waals surface area contributed by atoms with E-state index >= 15 is 0 Å². The molecule has 0 aliphatic carbocycles. The van der Waals surface area contributed by atoms with Gasteiger partial charge in [0.1, 0.15) is 17.3 Å². The largest absolute Gasteiger partial charge is 0.365 e. The highest BCUT2D eigenvalue weighted by Crippen LogP contribution is 2.32. The first-order chi connectivity index (χ1) is 16.2. The van der Waals surface area contributed by atoms with Gasteiger partial charge in [0, 0.05) is 54.7 Å². The number of nitrogens with zero attached hydrogens (tertiary/aromatic N) is 3. The van der Waals surface area contributed by atoms with Gasteiger partial charge in [-0.1, -0.05) is 12.1 Å². The Bertz CT molecular complexity index is 1230. The summed E-state index contributed by atoms with van der Waals surface area (Å²) in [7, 11) is 0. The van der Waals surface area contributed by atoms with Crippen LogP contribution in [0.15, 0.2) is 60.7 Å². The summed E-state index contributed by atoms with van der Waals surface area (Å²) < 4.78 is 26.8. The number of nitrogens with one attached hydrogen (secondary N) is 1. The lowest BCUT2D eigenvalue weighted by molar-refractivity contribution is -0.384. The van der Waals surface area contributed by atoms with Crippen molar-refractivity contribution < 1.29 is 18.5 Å². The lowest BCUT2D eigenvalue weighted by Crippen LogP contribution is -2.52. The first-order valence-electron chi connectivity index (χ1n) is 10.9. The van der Waals surface area contributed by atoms with Crippen molar-refractivity contribution in [2.45, 2.75) is 19.9 Å². The van der Waals surface area contributed by atoms with Crippen LogP contribution in [0, 0.1) is 28.7 Å². The molecule has 3 aromatic rings. The minimum atomic E-state index is -0.837. The lowest BCUT2D eigenvalue weighted by Gasteiger charge is -2.42. The van der Waals surface area contributed by atoms with E-state index in [2.05, 4.69) is 29.3 Å². The summed E-state index contributed by atoms with van der Waals surface area (Å²) in [6, 6.07) is 15.2. The Morgan fingerprint density at radius 3 is 2.44 bits per heavy atom. The molecule has 9 heteroatoms. The van der Waals surface area contributed by atoms with Crippen molar-refractivity contribution in [3.8, 4) is 0 Å². The van der Waals surface area contributed by atoms with Gasteiger partial charge in [0.05, 0.1) is 4.92 Å². The number of aryl methyl sites for hydroxylation is 1. The molecule has 0 radical (unpaired) electrons. The number of benzene rings is 3. The molecule has 7 nitrogen and oxygen atoms in total. The van der Waals surface area contributed by atoms with Crippen LogP contribution in [0.3, 0.4) is 0 Å². The van der Waals surface area contributed by atoms with E-state index in [1.165, 1.54) is 12.1 Å². The summed E-state index contributed by atoms with van der Waals surface area (Å²) >= 11 is 0. The Kier molecular flexibility index (Phi) is 6.45. The molecule has 1 atom stereocenters. The van der Waals surface area contributed by atoms with Crippen molar-refractivity contribution in [2.24, 2.45) is 0 Å². The zero-order valence-electron chi connectivity index (χ0n) is 18.8. The fourth-order valence-corrected chi connectivity index (χ4v) is 4.27. The van der Waals surface area contributed by atoms with E-state index in [4.69, 9.17) is 0 Å². The first-order valence-corrected chi connectivity index (χ1v) is 10.9. The number of carbonyl (C=O) groups is 1. The van der Waals surface area contributed by atoms with Crippen LogP contribution in [0.4, 0.5) is 31.5 Å². The predicted octanol–water partition coefficient (Wildman–Crippen LogP) is 5.15. The van der Waals surface area contributed by atoms with Gasteiger partial charge in [-0.3, -0.25) is 14.9 Å². The number of hydrogen-bond donors (Lipinski definition) is 1. The van der Waals surface area contributed by atoms with E-state index in [9.17, 15) is 23.7 Å². The van der Waals surface area contributed by atoms with Crippen LogP contribution >= 0.6 is 0 Å². The molecule has 4 rings (SSSR count). The van der Waals surface area contributed by atoms with Crippen LogP contribution in [0.5, 0.6) is 0 Å². The first kappa shape index (κ1) is 23.2. The molecule has 34 heavy (non-hydrogen) atoms. The molecule has 1 aliphatic heterocycles. The number of anilines is 3. The second-order valence-corrected chi connectivity index (χ2v) is 8.40. The van der Waals surface area contributed by atoms with Crippen LogP contribution in [0.2, 0.25) is 0 Å². The predicted molar refractivity (Wildman–Crippen MR) is 128 cm³/mol. The number of hydrogen-bond acceptors (Lipinski definition) is 5. The number of carbonyl (C=O) groups excluding carboxylic acids is 1. The van der Waals surface area contributed by atoms with E-state index in [1.54, 1.807) is 6.07 Å². The standard InChI is InChI=1S/C25H24F2N4O3/c1-16-4-3-5-22(10-16)30-9-8-29(15-17(30)2)23-7-6-18(11-24(23)31(33)34)25(32)28-21-13-19(26)12-20(27)14-21/h3-7,10-14,17H,8-9,15H2,1-2H3,(H,28,32). The number of piperazine rings is 1. The molecule has 1 unspecified atom stereocenters. The molecule has 1 saturated heterocycles. The highest BCUT2D eigenvalue weighted by atomic mass is 19.1. The van der Waals surface area contributed by atoms with E-state index in [0.29, 0.717) is 31.4 Å². The van der Waals surface area contributed by atoms with Gasteiger partial charge in [0.2, 0.25) is 0 Å². The van der Waals surface area contributed by atoms with Crippen molar-refractivity contribution in [3.05, 3.63) is 93.5 Å². The molecule has 176 valence electrons. The highest BCUT2D eigenvalue weighted by molar-refractivity contribution is 6.05. The minimum Gasteiger partial charge on any atom is -0.365 e. The lowest BCUT2D eigenvalue weighted by atomic mass is 10.1. The van der Waals surface area contributed by atoms with Gasteiger partial charge in [-0.25, -0.2) is 8.78 Å². The molecule has 3 aromatic carbocycles. The molecule has 1 amide bonds. The third-order valence-electron chi connectivity index (χ3n) is 5.86. The Morgan fingerprint density at radius 2 is 1.79 bits per heavy atom. The van der Waals surface area contributed by atoms with Crippen LogP contribution in [0.25, 0.3) is 0 Å². The smallest absolute Gasteiger partial charge is 0.293 e. The Hall–Kier alpha value is -4.01. The molecule has 1 fully saturated rings. The molecule has 0 bridgehead atoms. The van der Waals surface area contributed by atoms with Crippen LogP contribution < -0.4 is 15.1 Å². The van der Waals surface area contributed by atoms with Gasteiger partial charge in [0.25, 0.3) is 11.6 Å². The van der Waals surface area contributed by atoms with Gasteiger partial charge in [-0.15, -0.1) is 0 Å². The molecular weight excluding hydrogens is 442 g/mol. The molecule has 1 aliphatic rings. The quantitative estimate of drug-likeness (QED) is 0.416. The number of rotatable bonds is 5. The topological polar surface area (TPSA) is 78.7 Å². The summed E-state index contributed by atoms with van der Waals surface area (Å²) in [5.74, 6) is -2.37. The maximum absolute atomic E-state index is 13.4. The van der Waals surface area contributed by atoms with Crippen molar-refractivity contribution in [1.82, 2.24) is 0 Å². The zero-order valence-corrected chi connectivity index (χ0v) is 18.8. The SMILES string of the molecule is Cc1cccc(N2CCN(c3ccc(C(=O)Nc4cc(F)cc(F)c4)cc3[N+](=O)[O-])CC2C)c1. The average Bonchev–Trinajstić information content (AvgIpc) is 2.77. The second-order valence-electron chi connectivity index (χ2n) is 8.40. The normalized spacial score (nSPS) is 15.8. The number of amides is 1. The van der Waals surface area contributed by atoms with E-state index in [0.717, 1.165) is 23.4 Å². The van der Waals surface area contributed by atoms with Gasteiger partial charge in [-0.2, -0.15) is 0 Å². The Labute approximate surface area is 195 Å². The van der Waals surface area contributed by atoms with Gasteiger partial charge < -0.3 is 15.1 Å². The van der Waals surface area contributed by atoms with Crippen molar-refractivity contribution in [1.29, 1.82) is 0 Å². The van der Waals surface area contributed by atoms with Crippen LogP contribution in [-0.4, -0.2) is 36.5 Å². The summed E-state index contributed by atoms with van der Waals surface area (Å²) in [4.78, 5) is 28.1. The molecule has 0 spiro atoms. The fourth-order valence-electron chi connectivity index (χ4n) is 4.27. The van der Waals surface area contributed by atoms with Crippen LogP contribution in [-0.2, 0) is 0 Å². The van der Waals surface area contributed by atoms with Gasteiger partial charge >= 0.3 is 0 Å². The Balaban J connectivity index is 1.54. The van der Waals surface area contributed by atoms with Gasteiger partial charge in [-0.05, 0) is 55.8 Å². The zero-order chi connectivity index (χ0) is 24.4. The van der Waals surface area contributed by atoms with Crippen molar-refractivity contribution >= 4 is 28.7 Å². The minimum absolute atomic E-state index is 0.0200. The fraction of sp³-hybridized carbons (Fsp3) is 0.240. The maximum atomic E-state index is 13.4. The number of nitro benzene ring substituents is 1. The molecule has 0 saturated carbocycles. The highest BCUT2D eigenvalue weighted by Gasteiger charge is 2.29. The molecule has 1 N–H and O–H groups in total. The van der Waals surface area contributed by atoms with Crippen LogP contribution in [0.1, 0.15) is 22.8 Å². The summed E-state index contributed by atoms with van der Waals surface area (Å²) in [5.41, 5.74) is 2.45. The van der Waals surface area contributed by atoms with Crippen molar-refractivity contribution in [3.63, 3.8) is 0 Å². The second kappa shape index (κ2) is 9.46. The van der Waals surface area contributed by atoms with E-state index < -0.39 is 22.5 Å². The summed E-state index contributed by atoms with van der Waals surface area (Å²) in [6.45, 7) is 5.95. The maximum Gasteiger partial charge on any atom is 0.293 e. The van der Waals surface area contributed by atoms with Crippen molar-refractivity contribution in [2.75, 3.05) is 34.8 Å². The number of nitro groups is 1. The summed E-state index contributed by atoms with van der Waals surface area (Å²) in [6.07, 6.45) is 0.